The maximum absolute atomic E-state index is 11.8. The first-order chi connectivity index (χ1) is 11.3. The van der Waals surface area contributed by atoms with Crippen LogP contribution in [0.4, 0.5) is 5.69 Å². The van der Waals surface area contributed by atoms with Crippen LogP contribution in [0.1, 0.15) is 21.8 Å². The summed E-state index contributed by atoms with van der Waals surface area (Å²) in [6, 6.07) is 9.69. The minimum atomic E-state index is -3.71. The fraction of sp³-hybridized carbons (Fsp3) is 0.188. The van der Waals surface area contributed by atoms with Crippen molar-refractivity contribution in [3.63, 3.8) is 0 Å². The molecule has 8 heteroatoms. The molecule has 1 amide bonds. The molecule has 0 unspecified atom stereocenters. The third-order valence-corrected chi connectivity index (χ3v) is 6.11. The predicted octanol–water partition coefficient (Wildman–Crippen LogP) is 2.08. The first-order valence-electron chi connectivity index (χ1n) is 7.30. The Bertz CT molecular complexity index is 968. The molecule has 4 rings (SSSR count). The van der Waals surface area contributed by atoms with Gasteiger partial charge in [-0.2, -0.15) is 0 Å². The molecule has 0 aromatic heterocycles. The Morgan fingerprint density at radius 1 is 1.17 bits per heavy atom. The molecule has 2 aliphatic rings. The first kappa shape index (κ1) is 15.3. The van der Waals surface area contributed by atoms with E-state index in [-0.39, 0.29) is 22.1 Å². The van der Waals surface area contributed by atoms with E-state index in [2.05, 4.69) is 0 Å². The van der Waals surface area contributed by atoms with Gasteiger partial charge in [-0.15, -0.1) is 0 Å². The lowest BCUT2D eigenvalue weighted by atomic mass is 9.90. The topological polar surface area (TPSA) is 86.7 Å². The van der Waals surface area contributed by atoms with Crippen molar-refractivity contribution in [2.45, 2.75) is 10.8 Å². The minimum Gasteiger partial charge on any atom is -0.508 e. The molecule has 0 aliphatic carbocycles. The van der Waals surface area contributed by atoms with Crippen LogP contribution in [0.25, 0.3) is 0 Å². The summed E-state index contributed by atoms with van der Waals surface area (Å²) in [6.07, 6.45) is 0. The zero-order valence-electron chi connectivity index (χ0n) is 12.4. The van der Waals surface area contributed by atoms with Crippen molar-refractivity contribution in [1.82, 2.24) is 4.72 Å². The van der Waals surface area contributed by atoms with Crippen LogP contribution in [-0.4, -0.2) is 32.5 Å². The standard InChI is InChI=1S/C16H13ClN2O4S/c17-14-6-11(20)2-3-12(14)9-7-19(8-9)10-1-4-15-13(5-10)16(21)18-24(15,22)23/h1-6,9,20H,7-8H2,(H,18,21). The van der Waals surface area contributed by atoms with Crippen molar-refractivity contribution in [3.05, 3.63) is 52.5 Å². The molecule has 0 radical (unpaired) electrons. The van der Waals surface area contributed by atoms with Crippen molar-refractivity contribution in [2.24, 2.45) is 0 Å². The number of carbonyl (C=O) groups is 1. The van der Waals surface area contributed by atoms with Crippen molar-refractivity contribution < 1.29 is 18.3 Å². The molecule has 1 fully saturated rings. The Labute approximate surface area is 143 Å². The molecular formula is C16H13ClN2O4S. The zero-order chi connectivity index (χ0) is 17.1. The molecule has 0 saturated carbocycles. The number of rotatable bonds is 2. The number of hydrogen-bond donors (Lipinski definition) is 2. The van der Waals surface area contributed by atoms with Crippen LogP contribution < -0.4 is 9.62 Å². The Kier molecular flexibility index (Phi) is 3.26. The van der Waals surface area contributed by atoms with Crippen LogP contribution >= 0.6 is 11.6 Å². The van der Waals surface area contributed by atoms with Crippen molar-refractivity contribution in [3.8, 4) is 5.75 Å². The normalized spacial score (nSPS) is 18.9. The van der Waals surface area contributed by atoms with Gasteiger partial charge in [0.05, 0.1) is 5.56 Å². The number of hydrogen-bond acceptors (Lipinski definition) is 5. The number of anilines is 1. The fourth-order valence-corrected chi connectivity index (χ4v) is 4.57. The number of nitrogens with zero attached hydrogens (tertiary/aromatic N) is 1. The van der Waals surface area contributed by atoms with Gasteiger partial charge >= 0.3 is 0 Å². The van der Waals surface area contributed by atoms with Gasteiger partial charge in [0.1, 0.15) is 10.6 Å². The second-order valence-corrected chi connectivity index (χ2v) is 7.98. The average molecular weight is 365 g/mol. The smallest absolute Gasteiger partial charge is 0.266 e. The van der Waals surface area contributed by atoms with Gasteiger partial charge in [0, 0.05) is 29.7 Å². The Balaban J connectivity index is 1.56. The molecule has 0 spiro atoms. The van der Waals surface area contributed by atoms with E-state index in [4.69, 9.17) is 11.6 Å². The highest BCUT2D eigenvalue weighted by molar-refractivity contribution is 7.90. The molecule has 124 valence electrons. The molecule has 1 saturated heterocycles. The molecule has 2 aliphatic heterocycles. The van der Waals surface area contributed by atoms with E-state index >= 15 is 0 Å². The van der Waals surface area contributed by atoms with Crippen LogP contribution in [-0.2, 0) is 10.0 Å². The Morgan fingerprint density at radius 3 is 2.62 bits per heavy atom. The maximum atomic E-state index is 11.8. The van der Waals surface area contributed by atoms with Crippen LogP contribution in [0.15, 0.2) is 41.3 Å². The highest BCUT2D eigenvalue weighted by Crippen LogP contribution is 2.37. The van der Waals surface area contributed by atoms with Gasteiger partial charge in [-0.25, -0.2) is 13.1 Å². The van der Waals surface area contributed by atoms with Gasteiger partial charge in [-0.05, 0) is 35.9 Å². The number of aromatic hydroxyl groups is 1. The van der Waals surface area contributed by atoms with Gasteiger partial charge in [-0.3, -0.25) is 4.79 Å². The van der Waals surface area contributed by atoms with Gasteiger partial charge in [-0.1, -0.05) is 17.7 Å². The molecular weight excluding hydrogens is 352 g/mol. The van der Waals surface area contributed by atoms with E-state index in [0.717, 1.165) is 11.3 Å². The summed E-state index contributed by atoms with van der Waals surface area (Å²) < 4.78 is 25.5. The third kappa shape index (κ3) is 2.32. The first-order valence-corrected chi connectivity index (χ1v) is 9.16. The molecule has 24 heavy (non-hydrogen) atoms. The van der Waals surface area contributed by atoms with E-state index in [9.17, 15) is 18.3 Å². The summed E-state index contributed by atoms with van der Waals surface area (Å²) in [5, 5.41) is 9.94. The predicted molar refractivity (Wildman–Crippen MR) is 89.2 cm³/mol. The number of fused-ring (bicyclic) bond motifs is 1. The van der Waals surface area contributed by atoms with E-state index < -0.39 is 15.9 Å². The van der Waals surface area contributed by atoms with Gasteiger partial charge in [0.2, 0.25) is 0 Å². The van der Waals surface area contributed by atoms with E-state index in [1.165, 1.54) is 12.1 Å². The summed E-state index contributed by atoms with van der Waals surface area (Å²) in [5.41, 5.74) is 1.94. The molecule has 6 nitrogen and oxygen atoms in total. The summed E-state index contributed by atoms with van der Waals surface area (Å²) >= 11 is 6.16. The monoisotopic (exact) mass is 364 g/mol. The molecule has 2 aromatic carbocycles. The summed E-state index contributed by atoms with van der Waals surface area (Å²) in [6.45, 7) is 1.41. The fourth-order valence-electron chi connectivity index (χ4n) is 3.09. The maximum Gasteiger partial charge on any atom is 0.266 e. The van der Waals surface area contributed by atoms with Crippen LogP contribution in [0.5, 0.6) is 5.75 Å². The van der Waals surface area contributed by atoms with Gasteiger partial charge < -0.3 is 10.0 Å². The third-order valence-electron chi connectivity index (χ3n) is 4.39. The second kappa shape index (κ2) is 5.12. The Hall–Kier alpha value is -2.25. The molecule has 0 atom stereocenters. The van der Waals surface area contributed by atoms with Crippen LogP contribution in [0.2, 0.25) is 5.02 Å². The minimum absolute atomic E-state index is 0.0231. The lowest BCUT2D eigenvalue weighted by Gasteiger charge is -2.41. The molecule has 2 aromatic rings. The number of carbonyl (C=O) groups excluding carboxylic acids is 1. The number of nitrogens with one attached hydrogen (secondary N) is 1. The lowest BCUT2D eigenvalue weighted by molar-refractivity contribution is 0.0985. The van der Waals surface area contributed by atoms with E-state index in [1.807, 2.05) is 15.7 Å². The summed E-state index contributed by atoms with van der Waals surface area (Å²) in [5.74, 6) is -0.236. The number of phenolic OH excluding ortho intramolecular Hbond substituents is 1. The SMILES string of the molecule is O=C1NS(=O)(=O)c2ccc(N3CC(c4ccc(O)cc4Cl)C3)cc21. The molecule has 0 bridgehead atoms. The summed E-state index contributed by atoms with van der Waals surface area (Å²) in [7, 11) is -3.71. The molecule has 2 heterocycles. The number of phenols is 1. The van der Waals surface area contributed by atoms with Crippen LogP contribution in [0, 0.1) is 0 Å². The quantitative estimate of drug-likeness (QED) is 0.852. The number of sulfonamides is 1. The average Bonchev–Trinajstić information content (AvgIpc) is 2.69. The van der Waals surface area contributed by atoms with Crippen molar-refractivity contribution in [1.29, 1.82) is 0 Å². The highest BCUT2D eigenvalue weighted by atomic mass is 35.5. The second-order valence-electron chi connectivity index (χ2n) is 5.92. The van der Waals surface area contributed by atoms with E-state index in [1.54, 1.807) is 18.2 Å². The number of halogens is 1. The van der Waals surface area contributed by atoms with Gasteiger partial charge in [0.25, 0.3) is 15.9 Å². The van der Waals surface area contributed by atoms with Crippen molar-refractivity contribution in [2.75, 3.05) is 18.0 Å². The van der Waals surface area contributed by atoms with Gasteiger partial charge in [0.15, 0.2) is 0 Å². The van der Waals surface area contributed by atoms with Crippen molar-refractivity contribution >= 4 is 33.2 Å². The molecule has 2 N–H and O–H groups in total. The number of benzene rings is 2. The zero-order valence-corrected chi connectivity index (χ0v) is 13.9. The largest absolute Gasteiger partial charge is 0.508 e. The number of amides is 1. The lowest BCUT2D eigenvalue weighted by Crippen LogP contribution is -2.45. The van der Waals surface area contributed by atoms with E-state index in [0.29, 0.717) is 18.1 Å². The Morgan fingerprint density at radius 2 is 1.92 bits per heavy atom. The summed E-state index contributed by atoms with van der Waals surface area (Å²) in [4.78, 5) is 13.8. The highest BCUT2D eigenvalue weighted by Gasteiger charge is 2.35. The van der Waals surface area contributed by atoms with Crippen LogP contribution in [0.3, 0.4) is 0 Å².